The fourth-order valence-electron chi connectivity index (χ4n) is 1.60. The second-order valence-corrected chi connectivity index (χ2v) is 4.24. The predicted molar refractivity (Wildman–Crippen MR) is 69.2 cm³/mol. The highest BCUT2D eigenvalue weighted by atomic mass is 35.5. The third-order valence-corrected chi connectivity index (χ3v) is 2.76. The van der Waals surface area contributed by atoms with Gasteiger partial charge in [-0.1, -0.05) is 17.7 Å². The molecule has 0 aliphatic rings. The number of hydrogen-bond acceptors (Lipinski definition) is 2. The van der Waals surface area contributed by atoms with Crippen LogP contribution in [0.25, 0.3) is 0 Å². The second-order valence-electron chi connectivity index (χ2n) is 3.80. The lowest BCUT2D eigenvalue weighted by Crippen LogP contribution is -2.27. The van der Waals surface area contributed by atoms with Crippen LogP contribution in [0.4, 0.5) is 0 Å². The lowest BCUT2D eigenvalue weighted by Gasteiger charge is -2.20. The molecule has 0 aromatic heterocycles. The molecule has 0 bridgehead atoms. The van der Waals surface area contributed by atoms with Crippen LogP contribution in [0.2, 0.25) is 5.02 Å². The highest BCUT2D eigenvalue weighted by Gasteiger charge is 2.12. The Balaban J connectivity index is 2.92. The molecule has 0 amide bonds. The molecule has 0 fully saturated rings. The van der Waals surface area contributed by atoms with E-state index in [-0.39, 0.29) is 12.1 Å². The molecule has 0 saturated carbocycles. The molecular formula is C13H18ClNO. The van der Waals surface area contributed by atoms with Crippen molar-refractivity contribution in [1.29, 1.82) is 0 Å². The van der Waals surface area contributed by atoms with E-state index in [4.69, 9.17) is 16.3 Å². The number of benzene rings is 1. The first-order valence-corrected chi connectivity index (χ1v) is 5.68. The van der Waals surface area contributed by atoms with Crippen molar-refractivity contribution < 1.29 is 4.74 Å². The highest BCUT2D eigenvalue weighted by Crippen LogP contribution is 2.28. The fourth-order valence-corrected chi connectivity index (χ4v) is 1.78. The summed E-state index contributed by atoms with van der Waals surface area (Å²) in [6, 6.07) is 6.05. The molecule has 0 radical (unpaired) electrons. The summed E-state index contributed by atoms with van der Waals surface area (Å²) in [7, 11) is 1.66. The van der Waals surface area contributed by atoms with Crippen molar-refractivity contribution in [2.24, 2.45) is 0 Å². The largest absolute Gasteiger partial charge is 0.496 e. The summed E-state index contributed by atoms with van der Waals surface area (Å²) in [5, 5.41) is 4.11. The van der Waals surface area contributed by atoms with E-state index in [0.29, 0.717) is 0 Å². The molecular weight excluding hydrogens is 222 g/mol. The average Bonchev–Trinajstić information content (AvgIpc) is 2.28. The zero-order valence-electron chi connectivity index (χ0n) is 9.96. The van der Waals surface area contributed by atoms with E-state index in [1.807, 2.05) is 24.3 Å². The van der Waals surface area contributed by atoms with E-state index in [0.717, 1.165) is 16.3 Å². The van der Waals surface area contributed by atoms with Crippen molar-refractivity contribution in [3.63, 3.8) is 0 Å². The van der Waals surface area contributed by atoms with Crippen LogP contribution in [-0.4, -0.2) is 13.2 Å². The summed E-state index contributed by atoms with van der Waals surface area (Å²) in [6.45, 7) is 7.88. The summed E-state index contributed by atoms with van der Waals surface area (Å²) in [5.41, 5.74) is 1.06. The topological polar surface area (TPSA) is 21.3 Å². The summed E-state index contributed by atoms with van der Waals surface area (Å²) in [5.74, 6) is 0.848. The first kappa shape index (κ1) is 13.1. The maximum Gasteiger partial charge on any atom is 0.123 e. The van der Waals surface area contributed by atoms with Crippen LogP contribution >= 0.6 is 11.6 Å². The van der Waals surface area contributed by atoms with E-state index < -0.39 is 0 Å². The number of ether oxygens (including phenoxy) is 1. The SMILES string of the molecule is C=CC(C)NC(C)c1cc(Cl)ccc1OC. The minimum Gasteiger partial charge on any atom is -0.496 e. The predicted octanol–water partition coefficient (Wildman–Crippen LogP) is 3.57. The van der Waals surface area contributed by atoms with Crippen molar-refractivity contribution in [3.05, 3.63) is 41.4 Å². The number of methoxy groups -OCH3 is 1. The molecule has 0 aliphatic heterocycles. The quantitative estimate of drug-likeness (QED) is 0.794. The summed E-state index contributed by atoms with van der Waals surface area (Å²) in [4.78, 5) is 0. The van der Waals surface area contributed by atoms with Gasteiger partial charge in [0.1, 0.15) is 5.75 Å². The summed E-state index contributed by atoms with van der Waals surface area (Å²) < 4.78 is 5.31. The van der Waals surface area contributed by atoms with Gasteiger partial charge in [-0.15, -0.1) is 6.58 Å². The summed E-state index contributed by atoms with van der Waals surface area (Å²) >= 11 is 5.98. The van der Waals surface area contributed by atoms with Crippen molar-refractivity contribution in [2.75, 3.05) is 7.11 Å². The Labute approximate surface area is 102 Å². The second kappa shape index (κ2) is 5.92. The third-order valence-electron chi connectivity index (χ3n) is 2.52. The molecule has 3 heteroatoms. The molecule has 2 unspecified atom stereocenters. The maximum atomic E-state index is 5.98. The molecule has 0 saturated heterocycles. The molecule has 88 valence electrons. The van der Waals surface area contributed by atoms with E-state index in [2.05, 4.69) is 25.7 Å². The third kappa shape index (κ3) is 3.26. The Morgan fingerprint density at radius 1 is 1.44 bits per heavy atom. The molecule has 1 aromatic rings. The summed E-state index contributed by atoms with van der Waals surface area (Å²) in [6.07, 6.45) is 1.87. The number of halogens is 1. The maximum absolute atomic E-state index is 5.98. The van der Waals surface area contributed by atoms with Crippen LogP contribution in [0.1, 0.15) is 25.5 Å². The molecule has 16 heavy (non-hydrogen) atoms. The lowest BCUT2D eigenvalue weighted by molar-refractivity contribution is 0.400. The first-order chi connectivity index (χ1) is 7.58. The van der Waals surface area contributed by atoms with Gasteiger partial charge in [-0.2, -0.15) is 0 Å². The van der Waals surface area contributed by atoms with Crippen LogP contribution in [0.15, 0.2) is 30.9 Å². The molecule has 1 N–H and O–H groups in total. The Kier molecular flexibility index (Phi) is 4.84. The average molecular weight is 240 g/mol. The van der Waals surface area contributed by atoms with Crippen molar-refractivity contribution >= 4 is 11.6 Å². The van der Waals surface area contributed by atoms with Gasteiger partial charge in [0.25, 0.3) is 0 Å². The Morgan fingerprint density at radius 3 is 2.69 bits per heavy atom. The van der Waals surface area contributed by atoms with Gasteiger partial charge in [-0.25, -0.2) is 0 Å². The van der Waals surface area contributed by atoms with E-state index in [1.54, 1.807) is 7.11 Å². The zero-order chi connectivity index (χ0) is 12.1. The van der Waals surface area contributed by atoms with Crippen LogP contribution in [0.5, 0.6) is 5.75 Å². The van der Waals surface area contributed by atoms with Crippen molar-refractivity contribution in [1.82, 2.24) is 5.32 Å². The van der Waals surface area contributed by atoms with Gasteiger partial charge in [0.05, 0.1) is 7.11 Å². The Morgan fingerprint density at radius 2 is 2.12 bits per heavy atom. The minimum absolute atomic E-state index is 0.168. The normalized spacial score (nSPS) is 14.2. The molecule has 0 spiro atoms. The lowest BCUT2D eigenvalue weighted by atomic mass is 10.1. The minimum atomic E-state index is 0.168. The van der Waals surface area contributed by atoms with Crippen LogP contribution in [0, 0.1) is 0 Å². The smallest absolute Gasteiger partial charge is 0.123 e. The molecule has 0 heterocycles. The first-order valence-electron chi connectivity index (χ1n) is 5.30. The van der Waals surface area contributed by atoms with Gasteiger partial charge >= 0.3 is 0 Å². The van der Waals surface area contributed by atoms with Gasteiger partial charge in [-0.05, 0) is 32.0 Å². The van der Waals surface area contributed by atoms with E-state index in [1.165, 1.54) is 0 Å². The Bertz CT molecular complexity index is 365. The van der Waals surface area contributed by atoms with Crippen LogP contribution in [0.3, 0.4) is 0 Å². The molecule has 0 aliphatic carbocycles. The fraction of sp³-hybridized carbons (Fsp3) is 0.385. The standard InChI is InChI=1S/C13H18ClNO/c1-5-9(2)15-10(3)12-8-11(14)6-7-13(12)16-4/h5-10,15H,1H2,2-4H3. The van der Waals surface area contributed by atoms with Gasteiger partial charge in [0.15, 0.2) is 0 Å². The number of hydrogen-bond donors (Lipinski definition) is 1. The van der Waals surface area contributed by atoms with Crippen LogP contribution < -0.4 is 10.1 Å². The van der Waals surface area contributed by atoms with Crippen molar-refractivity contribution in [2.45, 2.75) is 25.9 Å². The molecule has 1 aromatic carbocycles. The van der Waals surface area contributed by atoms with Gasteiger partial charge in [0.2, 0.25) is 0 Å². The van der Waals surface area contributed by atoms with Crippen molar-refractivity contribution in [3.8, 4) is 5.75 Å². The zero-order valence-corrected chi connectivity index (χ0v) is 10.7. The monoisotopic (exact) mass is 239 g/mol. The Hall–Kier alpha value is -0.990. The van der Waals surface area contributed by atoms with Gasteiger partial charge in [0, 0.05) is 22.7 Å². The van der Waals surface area contributed by atoms with Gasteiger partial charge in [-0.3, -0.25) is 0 Å². The van der Waals surface area contributed by atoms with Crippen LogP contribution in [-0.2, 0) is 0 Å². The molecule has 2 atom stereocenters. The number of nitrogens with one attached hydrogen (secondary N) is 1. The highest BCUT2D eigenvalue weighted by molar-refractivity contribution is 6.30. The van der Waals surface area contributed by atoms with E-state index in [9.17, 15) is 0 Å². The molecule has 1 rings (SSSR count). The van der Waals surface area contributed by atoms with E-state index >= 15 is 0 Å². The van der Waals surface area contributed by atoms with Gasteiger partial charge < -0.3 is 10.1 Å². The molecule has 2 nitrogen and oxygen atoms in total. The number of rotatable bonds is 5.